The number of halogens is 1. The molecule has 1 unspecified atom stereocenters. The molecule has 1 N–H and O–H groups in total. The van der Waals surface area contributed by atoms with Gasteiger partial charge in [0, 0.05) is 23.8 Å². The third-order valence-electron chi connectivity index (χ3n) is 4.68. The van der Waals surface area contributed by atoms with Crippen LogP contribution in [0.4, 0.5) is 10.1 Å². The van der Waals surface area contributed by atoms with E-state index in [9.17, 15) is 9.18 Å². The topological polar surface area (TPSA) is 32.3 Å². The second-order valence-corrected chi connectivity index (χ2v) is 8.48. The molecule has 23 heavy (non-hydrogen) atoms. The monoisotopic (exact) mass is 350 g/mol. The van der Waals surface area contributed by atoms with Crippen LogP contribution in [0.5, 0.6) is 0 Å². The third-order valence-corrected chi connectivity index (χ3v) is 5.84. The van der Waals surface area contributed by atoms with Gasteiger partial charge in [-0.05, 0) is 50.0 Å². The normalized spacial score (nSPS) is 24.8. The lowest BCUT2D eigenvalue weighted by Gasteiger charge is -2.45. The number of nitrogens with one attached hydrogen (secondary N) is 1. The van der Waals surface area contributed by atoms with Gasteiger partial charge in [-0.3, -0.25) is 4.79 Å². The van der Waals surface area contributed by atoms with Crippen molar-refractivity contribution in [2.24, 2.45) is 0 Å². The molecule has 0 bridgehead atoms. The van der Waals surface area contributed by atoms with Gasteiger partial charge >= 0.3 is 0 Å². The molecular weight excluding hydrogens is 331 g/mol. The molecule has 3 nitrogen and oxygen atoms in total. The number of fused-ring (bicyclic) bond motifs is 1. The fourth-order valence-corrected chi connectivity index (χ4v) is 4.31. The SMILES string of the molecule is CC1CC(C)(C)N(C)c2cc(F)c(/C=C3\SC(=S)NC3=O)cc21. The average molecular weight is 350 g/mol. The zero-order valence-corrected chi connectivity index (χ0v) is 15.2. The summed E-state index contributed by atoms with van der Waals surface area (Å²) in [5.74, 6) is -0.247. The van der Waals surface area contributed by atoms with E-state index in [-0.39, 0.29) is 17.3 Å². The highest BCUT2D eigenvalue weighted by Crippen LogP contribution is 2.43. The lowest BCUT2D eigenvalue weighted by atomic mass is 9.80. The van der Waals surface area contributed by atoms with Crippen molar-refractivity contribution in [3.8, 4) is 0 Å². The molecule has 6 heteroatoms. The molecule has 3 rings (SSSR count). The van der Waals surface area contributed by atoms with E-state index >= 15 is 0 Å². The van der Waals surface area contributed by atoms with Crippen LogP contribution in [-0.4, -0.2) is 22.8 Å². The van der Waals surface area contributed by atoms with E-state index < -0.39 is 0 Å². The minimum atomic E-state index is -0.320. The highest BCUT2D eigenvalue weighted by atomic mass is 32.2. The maximum absolute atomic E-state index is 14.6. The number of thiocarbonyl (C=S) groups is 1. The summed E-state index contributed by atoms with van der Waals surface area (Å²) in [6.07, 6.45) is 2.58. The van der Waals surface area contributed by atoms with Gasteiger partial charge in [0.2, 0.25) is 0 Å². The molecule has 1 aromatic rings. The first kappa shape index (κ1) is 16.5. The number of anilines is 1. The Labute approximate surface area is 145 Å². The van der Waals surface area contributed by atoms with E-state index in [4.69, 9.17) is 12.2 Å². The highest BCUT2D eigenvalue weighted by molar-refractivity contribution is 8.26. The Kier molecular flexibility index (Phi) is 4.01. The van der Waals surface area contributed by atoms with Gasteiger partial charge in [-0.2, -0.15) is 0 Å². The highest BCUT2D eigenvalue weighted by Gasteiger charge is 2.35. The standard InChI is InChI=1S/C17H19FN2OS2/c1-9-8-17(2,3)20(4)13-7-12(18)10(5-11(9)13)6-14-15(21)19-16(22)23-14/h5-7,9H,8H2,1-4H3,(H,19,21,22)/b14-6-. The number of hydrogen-bond acceptors (Lipinski definition) is 4. The van der Waals surface area contributed by atoms with E-state index in [0.29, 0.717) is 20.7 Å². The average Bonchev–Trinajstić information content (AvgIpc) is 2.76. The fraction of sp³-hybridized carbons (Fsp3) is 0.412. The minimum Gasteiger partial charge on any atom is -0.369 e. The number of carbonyl (C=O) groups is 1. The maximum atomic E-state index is 14.6. The molecule has 1 amide bonds. The Balaban J connectivity index is 2.06. The number of hydrogen-bond donors (Lipinski definition) is 1. The molecule has 0 aliphatic carbocycles. The molecule has 1 atom stereocenters. The maximum Gasteiger partial charge on any atom is 0.263 e. The Bertz CT molecular complexity index is 742. The molecule has 122 valence electrons. The molecule has 0 saturated carbocycles. The van der Waals surface area contributed by atoms with Gasteiger partial charge < -0.3 is 10.2 Å². The van der Waals surface area contributed by atoms with E-state index in [0.717, 1.165) is 17.7 Å². The summed E-state index contributed by atoms with van der Waals surface area (Å²) in [7, 11) is 2.00. The summed E-state index contributed by atoms with van der Waals surface area (Å²) in [6.45, 7) is 6.50. The van der Waals surface area contributed by atoms with Gasteiger partial charge in [0.05, 0.1) is 4.91 Å². The van der Waals surface area contributed by atoms with E-state index in [1.165, 1.54) is 11.8 Å². The van der Waals surface area contributed by atoms with Crippen molar-refractivity contribution < 1.29 is 9.18 Å². The van der Waals surface area contributed by atoms with Crippen LogP contribution in [0, 0.1) is 5.82 Å². The Hall–Kier alpha value is -1.40. The lowest BCUT2D eigenvalue weighted by Crippen LogP contribution is -2.45. The quantitative estimate of drug-likeness (QED) is 0.612. The second kappa shape index (κ2) is 5.60. The van der Waals surface area contributed by atoms with Crippen LogP contribution >= 0.6 is 24.0 Å². The van der Waals surface area contributed by atoms with Crippen molar-refractivity contribution >= 4 is 46.0 Å². The zero-order chi connectivity index (χ0) is 16.9. The second-order valence-electron chi connectivity index (χ2n) is 6.76. The molecule has 2 aliphatic rings. The van der Waals surface area contributed by atoms with Crippen molar-refractivity contribution in [3.05, 3.63) is 34.0 Å². The minimum absolute atomic E-state index is 0.00772. The molecule has 1 fully saturated rings. The van der Waals surface area contributed by atoms with Crippen LogP contribution in [0.1, 0.15) is 44.2 Å². The number of benzene rings is 1. The first-order valence-corrected chi connectivity index (χ1v) is 8.73. The van der Waals surface area contributed by atoms with E-state index in [1.807, 2.05) is 13.1 Å². The van der Waals surface area contributed by atoms with Gasteiger partial charge in [0.15, 0.2) is 0 Å². The summed E-state index contributed by atoms with van der Waals surface area (Å²) in [5.41, 5.74) is 2.47. The number of thioether (sulfide) groups is 1. The summed E-state index contributed by atoms with van der Waals surface area (Å²) in [4.78, 5) is 14.3. The fourth-order valence-electron chi connectivity index (χ4n) is 3.28. The van der Waals surface area contributed by atoms with Crippen molar-refractivity contribution in [3.63, 3.8) is 0 Å². The predicted molar refractivity (Wildman–Crippen MR) is 98.2 cm³/mol. The molecule has 0 spiro atoms. The van der Waals surface area contributed by atoms with Crippen LogP contribution in [0.3, 0.4) is 0 Å². The first-order valence-electron chi connectivity index (χ1n) is 7.51. The first-order chi connectivity index (χ1) is 10.7. The van der Waals surface area contributed by atoms with Gasteiger partial charge in [0.1, 0.15) is 10.1 Å². The molecule has 1 saturated heterocycles. The smallest absolute Gasteiger partial charge is 0.263 e. The van der Waals surface area contributed by atoms with Gasteiger partial charge in [-0.1, -0.05) is 30.9 Å². The molecule has 2 aliphatic heterocycles. The van der Waals surface area contributed by atoms with Crippen molar-refractivity contribution in [1.29, 1.82) is 0 Å². The van der Waals surface area contributed by atoms with Crippen LogP contribution in [0.25, 0.3) is 6.08 Å². The Morgan fingerprint density at radius 1 is 1.48 bits per heavy atom. The number of nitrogens with zero attached hydrogens (tertiary/aromatic N) is 1. The van der Waals surface area contributed by atoms with Gasteiger partial charge in [-0.15, -0.1) is 0 Å². The largest absolute Gasteiger partial charge is 0.369 e. The summed E-state index contributed by atoms with van der Waals surface area (Å²) >= 11 is 6.14. The van der Waals surface area contributed by atoms with Crippen molar-refractivity contribution in [2.75, 3.05) is 11.9 Å². The number of amides is 1. The number of carbonyl (C=O) groups excluding carboxylic acids is 1. The number of rotatable bonds is 1. The molecule has 0 aromatic heterocycles. The molecular formula is C17H19FN2OS2. The Morgan fingerprint density at radius 2 is 2.17 bits per heavy atom. The lowest BCUT2D eigenvalue weighted by molar-refractivity contribution is -0.115. The van der Waals surface area contributed by atoms with Gasteiger partial charge in [0.25, 0.3) is 5.91 Å². The summed E-state index contributed by atoms with van der Waals surface area (Å²) < 4.78 is 15.0. The third kappa shape index (κ3) is 2.90. The predicted octanol–water partition coefficient (Wildman–Crippen LogP) is 4.04. The summed E-state index contributed by atoms with van der Waals surface area (Å²) in [6, 6.07) is 3.44. The van der Waals surface area contributed by atoms with E-state index in [1.54, 1.807) is 12.1 Å². The molecule has 0 radical (unpaired) electrons. The van der Waals surface area contributed by atoms with Crippen molar-refractivity contribution in [1.82, 2.24) is 5.32 Å². The summed E-state index contributed by atoms with van der Waals surface area (Å²) in [5, 5.41) is 2.55. The zero-order valence-electron chi connectivity index (χ0n) is 13.6. The van der Waals surface area contributed by atoms with Gasteiger partial charge in [-0.25, -0.2) is 4.39 Å². The van der Waals surface area contributed by atoms with Crippen LogP contribution < -0.4 is 10.2 Å². The van der Waals surface area contributed by atoms with Crippen LogP contribution in [0.2, 0.25) is 0 Å². The Morgan fingerprint density at radius 3 is 2.78 bits per heavy atom. The van der Waals surface area contributed by atoms with Crippen LogP contribution in [0.15, 0.2) is 17.0 Å². The van der Waals surface area contributed by atoms with E-state index in [2.05, 4.69) is 31.0 Å². The molecule has 1 aromatic carbocycles. The van der Waals surface area contributed by atoms with Crippen molar-refractivity contribution in [2.45, 2.75) is 38.6 Å². The molecule has 2 heterocycles. The van der Waals surface area contributed by atoms with Crippen LogP contribution in [-0.2, 0) is 4.79 Å².